The van der Waals surface area contributed by atoms with Crippen LogP contribution in [-0.4, -0.2) is 18.5 Å². The Morgan fingerprint density at radius 2 is 1.81 bits per heavy atom. The van der Waals surface area contributed by atoms with Crippen molar-refractivity contribution in [1.29, 1.82) is 0 Å². The average molecular weight is 384 g/mol. The van der Waals surface area contributed by atoms with E-state index in [0.29, 0.717) is 28.9 Å². The Morgan fingerprint density at radius 1 is 1.07 bits per heavy atom. The zero-order valence-electron chi connectivity index (χ0n) is 14.5. The minimum absolute atomic E-state index is 0.215. The highest BCUT2D eigenvalue weighted by Gasteiger charge is 2.14. The predicted molar refractivity (Wildman–Crippen MR) is 105 cm³/mol. The summed E-state index contributed by atoms with van der Waals surface area (Å²) in [6.45, 7) is 6.91. The highest BCUT2D eigenvalue weighted by atomic mass is 32.1. The van der Waals surface area contributed by atoms with E-state index in [4.69, 9.17) is 9.47 Å². The average Bonchev–Trinajstić information content (AvgIpc) is 3.05. The van der Waals surface area contributed by atoms with Crippen LogP contribution < -0.4 is 4.74 Å². The molecule has 4 nitrogen and oxygen atoms in total. The number of ether oxygens (including phenoxy) is 2. The van der Waals surface area contributed by atoms with E-state index < -0.39 is 11.9 Å². The molecular weight excluding hydrogens is 367 g/mol. The number of carbonyl (C=O) groups is 2. The van der Waals surface area contributed by atoms with Gasteiger partial charge in [-0.05, 0) is 36.6 Å². The number of fused-ring (bicyclic) bond motifs is 3. The molecule has 3 aromatic rings. The fourth-order valence-electron chi connectivity index (χ4n) is 2.74. The van der Waals surface area contributed by atoms with Gasteiger partial charge in [0.2, 0.25) is 0 Å². The molecule has 0 aliphatic heterocycles. The van der Waals surface area contributed by atoms with Gasteiger partial charge in [-0.3, -0.25) is 0 Å². The number of benzene rings is 2. The predicted octanol–water partition coefficient (Wildman–Crippen LogP) is 4.95. The maximum atomic E-state index is 14.9. The Kier molecular flexibility index (Phi) is 5.66. The van der Waals surface area contributed by atoms with Crippen LogP contribution in [0.3, 0.4) is 0 Å². The molecule has 3 rings (SSSR count). The van der Waals surface area contributed by atoms with Gasteiger partial charge >= 0.3 is 11.9 Å². The quantitative estimate of drug-likeness (QED) is 0.250. The lowest BCUT2D eigenvalue weighted by atomic mass is 10.1. The van der Waals surface area contributed by atoms with Crippen LogP contribution in [-0.2, 0) is 20.7 Å². The van der Waals surface area contributed by atoms with Crippen molar-refractivity contribution in [3.8, 4) is 5.75 Å². The molecule has 0 fully saturated rings. The van der Waals surface area contributed by atoms with Crippen molar-refractivity contribution in [1.82, 2.24) is 0 Å². The SMILES string of the molecule is C=CC(=O)OCCCc1ccc2c(sc3cc(OC(=O)C=C)ccc32)c1F. The molecule has 2 aromatic carbocycles. The molecular formula is C21H17FO4S. The fourth-order valence-corrected chi connectivity index (χ4v) is 3.93. The maximum absolute atomic E-state index is 14.9. The molecule has 0 spiro atoms. The van der Waals surface area contributed by atoms with Gasteiger partial charge in [0, 0.05) is 27.6 Å². The molecule has 0 radical (unpaired) electrons. The molecule has 0 N–H and O–H groups in total. The van der Waals surface area contributed by atoms with E-state index in [1.54, 1.807) is 18.2 Å². The molecule has 0 unspecified atom stereocenters. The molecule has 1 heterocycles. The number of aryl methyl sites for hydroxylation is 1. The summed E-state index contributed by atoms with van der Waals surface area (Å²) in [4.78, 5) is 22.4. The zero-order valence-corrected chi connectivity index (χ0v) is 15.3. The Morgan fingerprint density at radius 3 is 2.56 bits per heavy atom. The van der Waals surface area contributed by atoms with Crippen molar-refractivity contribution in [3.05, 3.63) is 67.0 Å². The first-order chi connectivity index (χ1) is 13.0. The first kappa shape index (κ1) is 18.8. The minimum Gasteiger partial charge on any atom is -0.463 e. The van der Waals surface area contributed by atoms with E-state index >= 15 is 0 Å². The van der Waals surface area contributed by atoms with Crippen LogP contribution in [0.15, 0.2) is 55.6 Å². The van der Waals surface area contributed by atoms with Crippen LogP contribution in [0.25, 0.3) is 20.2 Å². The number of hydrogen-bond acceptors (Lipinski definition) is 5. The van der Waals surface area contributed by atoms with Gasteiger partial charge in [-0.1, -0.05) is 25.3 Å². The monoisotopic (exact) mass is 384 g/mol. The maximum Gasteiger partial charge on any atom is 0.335 e. The van der Waals surface area contributed by atoms with Crippen molar-refractivity contribution in [2.24, 2.45) is 0 Å². The van der Waals surface area contributed by atoms with Crippen molar-refractivity contribution >= 4 is 43.4 Å². The van der Waals surface area contributed by atoms with E-state index in [0.717, 1.165) is 27.6 Å². The second-order valence-corrected chi connectivity index (χ2v) is 6.83. The van der Waals surface area contributed by atoms with Gasteiger partial charge in [-0.15, -0.1) is 11.3 Å². The molecule has 6 heteroatoms. The second-order valence-electron chi connectivity index (χ2n) is 5.78. The van der Waals surface area contributed by atoms with Gasteiger partial charge in [0.25, 0.3) is 0 Å². The standard InChI is InChI=1S/C21H17FO4S/c1-3-18(23)25-11-5-6-13-7-9-16-15-10-8-14(26-19(24)4-2)12-17(15)27-21(16)20(13)22/h3-4,7-10,12H,1-2,5-6,11H2. The summed E-state index contributed by atoms with van der Waals surface area (Å²) in [7, 11) is 0. The summed E-state index contributed by atoms with van der Waals surface area (Å²) in [6.07, 6.45) is 3.18. The Labute approximate surface area is 159 Å². The summed E-state index contributed by atoms with van der Waals surface area (Å²) in [5, 5.41) is 1.72. The van der Waals surface area contributed by atoms with Gasteiger partial charge in [0.1, 0.15) is 11.6 Å². The molecule has 0 atom stereocenters. The summed E-state index contributed by atoms with van der Waals surface area (Å²) in [5.41, 5.74) is 0.571. The molecule has 138 valence electrons. The number of halogens is 1. The van der Waals surface area contributed by atoms with E-state index in [-0.39, 0.29) is 12.4 Å². The van der Waals surface area contributed by atoms with Crippen LogP contribution in [0, 0.1) is 5.82 Å². The second kappa shape index (κ2) is 8.14. The normalized spacial score (nSPS) is 10.7. The third-order valence-electron chi connectivity index (χ3n) is 4.02. The van der Waals surface area contributed by atoms with Crippen molar-refractivity contribution in [2.45, 2.75) is 12.8 Å². The van der Waals surface area contributed by atoms with E-state index in [2.05, 4.69) is 13.2 Å². The highest BCUT2D eigenvalue weighted by Crippen LogP contribution is 2.38. The molecule has 0 aliphatic carbocycles. The molecule has 0 saturated carbocycles. The smallest absolute Gasteiger partial charge is 0.335 e. The lowest BCUT2D eigenvalue weighted by molar-refractivity contribution is -0.137. The van der Waals surface area contributed by atoms with Crippen molar-refractivity contribution in [3.63, 3.8) is 0 Å². The third-order valence-corrected chi connectivity index (χ3v) is 5.18. The van der Waals surface area contributed by atoms with E-state index in [1.165, 1.54) is 11.3 Å². The van der Waals surface area contributed by atoms with Gasteiger partial charge in [-0.25, -0.2) is 14.0 Å². The van der Waals surface area contributed by atoms with E-state index in [1.807, 2.05) is 12.1 Å². The van der Waals surface area contributed by atoms with Crippen LogP contribution in [0.4, 0.5) is 4.39 Å². The number of thiophene rings is 1. The summed E-state index contributed by atoms with van der Waals surface area (Å²) in [6, 6.07) is 8.85. The van der Waals surface area contributed by atoms with Crippen LogP contribution in [0.2, 0.25) is 0 Å². The van der Waals surface area contributed by atoms with Gasteiger partial charge in [0.05, 0.1) is 11.3 Å². The first-order valence-corrected chi connectivity index (χ1v) is 9.12. The Hall–Kier alpha value is -2.99. The van der Waals surface area contributed by atoms with Gasteiger partial charge in [0.15, 0.2) is 0 Å². The Balaban J connectivity index is 1.85. The first-order valence-electron chi connectivity index (χ1n) is 8.30. The fraction of sp³-hybridized carbons (Fsp3) is 0.143. The largest absolute Gasteiger partial charge is 0.463 e. The van der Waals surface area contributed by atoms with E-state index in [9.17, 15) is 14.0 Å². The Bertz CT molecular complexity index is 1050. The summed E-state index contributed by atoms with van der Waals surface area (Å²) >= 11 is 1.31. The minimum atomic E-state index is -0.541. The number of carbonyl (C=O) groups excluding carboxylic acids is 2. The van der Waals surface area contributed by atoms with Crippen molar-refractivity contribution < 1.29 is 23.5 Å². The molecule has 1 aromatic heterocycles. The van der Waals surface area contributed by atoms with Gasteiger partial charge in [-0.2, -0.15) is 0 Å². The zero-order chi connectivity index (χ0) is 19.4. The number of rotatable bonds is 7. The number of hydrogen-bond donors (Lipinski definition) is 0. The topological polar surface area (TPSA) is 52.6 Å². The highest BCUT2D eigenvalue weighted by molar-refractivity contribution is 7.25. The lowest BCUT2D eigenvalue weighted by Gasteiger charge is -2.05. The lowest BCUT2D eigenvalue weighted by Crippen LogP contribution is -2.03. The molecule has 0 amide bonds. The summed E-state index contributed by atoms with van der Waals surface area (Å²) in [5.74, 6) is -0.901. The van der Waals surface area contributed by atoms with Crippen LogP contribution in [0.5, 0.6) is 5.75 Å². The molecule has 27 heavy (non-hydrogen) atoms. The number of esters is 2. The van der Waals surface area contributed by atoms with Crippen LogP contribution >= 0.6 is 11.3 Å². The summed E-state index contributed by atoms with van der Waals surface area (Å²) < 4.78 is 26.3. The van der Waals surface area contributed by atoms with Crippen molar-refractivity contribution in [2.75, 3.05) is 6.61 Å². The molecule has 0 aliphatic rings. The third kappa shape index (κ3) is 4.06. The van der Waals surface area contributed by atoms with Gasteiger partial charge < -0.3 is 9.47 Å². The van der Waals surface area contributed by atoms with Crippen LogP contribution in [0.1, 0.15) is 12.0 Å². The molecule has 0 bridgehead atoms. The molecule has 0 saturated heterocycles.